The van der Waals surface area contributed by atoms with Gasteiger partial charge in [-0.05, 0) is 106 Å². The molecule has 2 heterocycles. The Labute approximate surface area is 288 Å². The van der Waals surface area contributed by atoms with Crippen LogP contribution in [0.25, 0.3) is 5.69 Å². The van der Waals surface area contributed by atoms with Crippen molar-refractivity contribution in [2.24, 2.45) is 5.92 Å². The van der Waals surface area contributed by atoms with Gasteiger partial charge in [0.05, 0.1) is 11.4 Å². The Morgan fingerprint density at radius 2 is 1.80 bits per heavy atom. The van der Waals surface area contributed by atoms with Crippen LogP contribution >= 0.6 is 0 Å². The van der Waals surface area contributed by atoms with Crippen molar-refractivity contribution in [3.8, 4) is 5.69 Å². The van der Waals surface area contributed by atoms with Gasteiger partial charge in [-0.25, -0.2) is 13.9 Å². The number of alkyl halides is 3. The first kappa shape index (κ1) is 36.5. The molecule has 1 saturated carbocycles. The molecule has 2 aromatic carbocycles. The Bertz CT molecular complexity index is 1770. The van der Waals surface area contributed by atoms with E-state index in [0.717, 1.165) is 29.1 Å². The highest BCUT2D eigenvalue weighted by atomic mass is 19.4. The van der Waals surface area contributed by atoms with E-state index in [1.807, 2.05) is 12.1 Å². The van der Waals surface area contributed by atoms with Crippen molar-refractivity contribution < 1.29 is 31.9 Å². The molecule has 0 spiro atoms. The zero-order valence-corrected chi connectivity index (χ0v) is 28.3. The van der Waals surface area contributed by atoms with Gasteiger partial charge in [0.2, 0.25) is 0 Å². The second-order valence-electron chi connectivity index (χ2n) is 13.5. The van der Waals surface area contributed by atoms with Gasteiger partial charge >= 0.3 is 12.3 Å². The van der Waals surface area contributed by atoms with Crippen LogP contribution in [0, 0.1) is 11.7 Å². The van der Waals surface area contributed by atoms with E-state index in [9.17, 15) is 22.8 Å². The van der Waals surface area contributed by atoms with E-state index in [1.165, 1.54) is 43.5 Å². The van der Waals surface area contributed by atoms with Gasteiger partial charge in [0.1, 0.15) is 17.1 Å². The van der Waals surface area contributed by atoms with Crippen LogP contribution in [0.5, 0.6) is 0 Å². The van der Waals surface area contributed by atoms with Gasteiger partial charge in [-0.15, -0.1) is 0 Å². The van der Waals surface area contributed by atoms with Crippen molar-refractivity contribution in [2.75, 3.05) is 18.4 Å². The highest BCUT2D eigenvalue weighted by molar-refractivity contribution is 6.03. The van der Waals surface area contributed by atoms with Crippen LogP contribution in [-0.4, -0.2) is 45.5 Å². The lowest BCUT2D eigenvalue weighted by atomic mass is 9.89. The van der Waals surface area contributed by atoms with Crippen molar-refractivity contribution in [2.45, 2.75) is 77.1 Å². The lowest BCUT2D eigenvalue weighted by molar-refractivity contribution is -0.141. The number of carbonyl (C=O) groups excluding carboxylic acids is 2. The zero-order valence-electron chi connectivity index (χ0n) is 28.3. The number of amides is 2. The average Bonchev–Trinajstić information content (AvgIpc) is 3.77. The van der Waals surface area contributed by atoms with Gasteiger partial charge in [-0.3, -0.25) is 9.78 Å². The van der Waals surface area contributed by atoms with E-state index in [4.69, 9.17) is 4.74 Å². The van der Waals surface area contributed by atoms with Crippen LogP contribution in [0.4, 0.5) is 28.0 Å². The number of nitrogens with one attached hydrogen (secondary N) is 3. The van der Waals surface area contributed by atoms with E-state index >= 15 is 4.39 Å². The fraction of sp³-hybridized carbons (Fsp3) is 0.405. The summed E-state index contributed by atoms with van der Waals surface area (Å²) in [6, 6.07) is 14.9. The van der Waals surface area contributed by atoms with Gasteiger partial charge in [0, 0.05) is 30.9 Å². The molecular weight excluding hydrogens is 652 g/mol. The minimum atomic E-state index is -4.86. The van der Waals surface area contributed by atoms with Crippen molar-refractivity contribution in [1.82, 2.24) is 25.4 Å². The number of rotatable bonds is 14. The molecule has 1 aliphatic carbocycles. The minimum absolute atomic E-state index is 0.00374. The Morgan fingerprint density at radius 1 is 1.00 bits per heavy atom. The summed E-state index contributed by atoms with van der Waals surface area (Å²) in [7, 11) is 0. The summed E-state index contributed by atoms with van der Waals surface area (Å²) >= 11 is 0. The smallest absolute Gasteiger partial charge is 0.435 e. The third kappa shape index (κ3) is 10.4. The molecule has 5 rings (SSSR count). The summed E-state index contributed by atoms with van der Waals surface area (Å²) in [4.78, 5) is 30.0. The van der Waals surface area contributed by atoms with Gasteiger partial charge in [-0.2, -0.15) is 18.3 Å². The molecule has 2 amide bonds. The molecule has 13 heteroatoms. The van der Waals surface area contributed by atoms with Crippen LogP contribution < -0.4 is 16.0 Å². The molecule has 0 bridgehead atoms. The number of hydrogen-bond donors (Lipinski definition) is 3. The minimum Gasteiger partial charge on any atom is -0.444 e. The van der Waals surface area contributed by atoms with Crippen molar-refractivity contribution >= 4 is 17.7 Å². The lowest BCUT2D eigenvalue weighted by Crippen LogP contribution is -2.32. The maximum absolute atomic E-state index is 15.2. The number of alkyl carbamates (subject to hydrolysis) is 1. The molecule has 3 N–H and O–H groups in total. The summed E-state index contributed by atoms with van der Waals surface area (Å²) in [6.07, 6.45) is 3.53. The summed E-state index contributed by atoms with van der Waals surface area (Å²) < 4.78 is 62.8. The molecule has 50 heavy (non-hydrogen) atoms. The number of hydrogen-bond acceptors (Lipinski definition) is 6. The first-order valence-corrected chi connectivity index (χ1v) is 16.7. The number of ether oxygens (including phenoxy) is 1. The maximum Gasteiger partial charge on any atom is 0.435 e. The summed E-state index contributed by atoms with van der Waals surface area (Å²) in [5.41, 5.74) is -0.397. The van der Waals surface area contributed by atoms with Crippen molar-refractivity contribution in [3.05, 3.63) is 107 Å². The van der Waals surface area contributed by atoms with Gasteiger partial charge in [0.25, 0.3) is 5.91 Å². The third-order valence-electron chi connectivity index (χ3n) is 8.22. The number of nitrogens with zero attached hydrogens (tertiary/aromatic N) is 3. The summed E-state index contributed by atoms with van der Waals surface area (Å²) in [5.74, 6) is -1.06. The molecule has 1 atom stereocenters. The van der Waals surface area contributed by atoms with Crippen LogP contribution in [0.1, 0.15) is 91.7 Å². The summed E-state index contributed by atoms with van der Waals surface area (Å²) in [6.45, 7) is 6.75. The Hall–Kier alpha value is -4.78. The number of pyridine rings is 1. The Balaban J connectivity index is 1.36. The van der Waals surface area contributed by atoms with Crippen molar-refractivity contribution in [3.63, 3.8) is 0 Å². The first-order valence-electron chi connectivity index (χ1n) is 16.7. The molecule has 0 saturated heterocycles. The topological polar surface area (TPSA) is 110 Å². The number of carbonyl (C=O) groups is 2. The van der Waals surface area contributed by atoms with E-state index in [-0.39, 0.29) is 23.8 Å². The molecule has 266 valence electrons. The zero-order chi connectivity index (χ0) is 35.9. The molecule has 0 radical (unpaired) electrons. The van der Waals surface area contributed by atoms with Crippen LogP contribution in [0.15, 0.2) is 73.1 Å². The van der Waals surface area contributed by atoms with Gasteiger partial charge in [0.15, 0.2) is 5.69 Å². The number of aromatic nitrogens is 3. The molecule has 1 unspecified atom stereocenters. The standard InChI is InChI=1S/C37H42F4N6O3/c1-36(2,3)50-35(49)44-22-25-7-4-10-28(19-25)47-32(21-33(46-47)37(39,40)41)34(48)45-31-20-26(13-14-30(31)38)29(27-9-6-17-43-23-27)15-18-42-16-5-8-24-11-12-24/h4,6-7,9-10,13-14,17,19-21,23-24,29,42H,5,8,11-12,15-16,18,22H2,1-3H3,(H,44,49)(H,45,48). The molecule has 2 aromatic heterocycles. The molecule has 9 nitrogen and oxygen atoms in total. The molecular formula is C37H42F4N6O3. The Morgan fingerprint density at radius 3 is 2.50 bits per heavy atom. The molecule has 1 fully saturated rings. The van der Waals surface area contributed by atoms with E-state index < -0.39 is 41.0 Å². The van der Waals surface area contributed by atoms with E-state index in [2.05, 4.69) is 26.0 Å². The number of anilines is 1. The molecule has 4 aromatic rings. The SMILES string of the molecule is CC(C)(C)OC(=O)NCc1cccc(-n2nc(C(F)(F)F)cc2C(=O)Nc2cc(C(CCNCCCC3CC3)c3cccnc3)ccc2F)c1. The first-order chi connectivity index (χ1) is 23.8. The largest absolute Gasteiger partial charge is 0.444 e. The fourth-order valence-electron chi connectivity index (χ4n) is 5.61. The predicted octanol–water partition coefficient (Wildman–Crippen LogP) is 8.00. The normalized spacial score (nSPS) is 13.9. The van der Waals surface area contributed by atoms with Crippen LogP contribution in [-0.2, 0) is 17.5 Å². The number of halogens is 4. The monoisotopic (exact) mass is 694 g/mol. The van der Waals surface area contributed by atoms with Crippen molar-refractivity contribution in [1.29, 1.82) is 0 Å². The highest BCUT2D eigenvalue weighted by Gasteiger charge is 2.36. The second-order valence-corrected chi connectivity index (χ2v) is 13.5. The molecule has 0 aliphatic heterocycles. The predicted molar refractivity (Wildman–Crippen MR) is 182 cm³/mol. The maximum atomic E-state index is 15.2. The Kier molecular flexibility index (Phi) is 11.6. The highest BCUT2D eigenvalue weighted by Crippen LogP contribution is 2.34. The van der Waals surface area contributed by atoms with Crippen LogP contribution in [0.2, 0.25) is 0 Å². The van der Waals surface area contributed by atoms with E-state index in [0.29, 0.717) is 30.2 Å². The van der Waals surface area contributed by atoms with Gasteiger partial charge in [-0.1, -0.05) is 37.1 Å². The lowest BCUT2D eigenvalue weighted by Gasteiger charge is -2.20. The molecule has 1 aliphatic rings. The average molecular weight is 695 g/mol. The van der Waals surface area contributed by atoms with Crippen LogP contribution in [0.3, 0.4) is 0 Å². The van der Waals surface area contributed by atoms with Gasteiger partial charge < -0.3 is 20.7 Å². The second kappa shape index (κ2) is 15.8. The quantitative estimate of drug-likeness (QED) is 0.0912. The third-order valence-corrected chi connectivity index (χ3v) is 8.22. The van der Waals surface area contributed by atoms with E-state index in [1.54, 1.807) is 51.4 Å². The number of benzene rings is 2. The fourth-order valence-corrected chi connectivity index (χ4v) is 5.61. The summed E-state index contributed by atoms with van der Waals surface area (Å²) in [5, 5.41) is 12.2.